The lowest BCUT2D eigenvalue weighted by atomic mass is 10.0. The topological polar surface area (TPSA) is 65.8 Å². The van der Waals surface area contributed by atoms with E-state index >= 15 is 0 Å². The molecule has 0 bridgehead atoms. The number of imidazole rings is 1. The van der Waals surface area contributed by atoms with Crippen LogP contribution in [0.3, 0.4) is 0 Å². The van der Waals surface area contributed by atoms with Crippen LogP contribution < -0.4 is 14.2 Å². The van der Waals surface area contributed by atoms with Gasteiger partial charge in [0.25, 0.3) is 0 Å². The molecule has 4 rings (SSSR count). The molecule has 7 nitrogen and oxygen atoms in total. The van der Waals surface area contributed by atoms with Gasteiger partial charge in [0, 0.05) is 25.2 Å². The highest BCUT2D eigenvalue weighted by Crippen LogP contribution is 2.40. The van der Waals surface area contributed by atoms with E-state index in [9.17, 15) is 4.79 Å². The average molecular weight is 393 g/mol. The Morgan fingerprint density at radius 1 is 1.14 bits per heavy atom. The second-order valence-corrected chi connectivity index (χ2v) is 6.92. The Morgan fingerprint density at radius 2 is 1.90 bits per heavy atom. The van der Waals surface area contributed by atoms with Crippen LogP contribution in [-0.4, -0.2) is 54.8 Å². The molecule has 2 aromatic carbocycles. The highest BCUT2D eigenvalue weighted by atomic mass is 16.6. The Bertz CT molecular complexity index is 1040. The number of fused-ring (bicyclic) bond motifs is 1. The number of ether oxygens (including phenoxy) is 3. The number of hydrogen-bond acceptors (Lipinski definition) is 5. The van der Waals surface area contributed by atoms with Crippen LogP contribution in [0, 0.1) is 0 Å². The number of hydrogen-bond donors (Lipinski definition) is 0. The van der Waals surface area contributed by atoms with Crippen molar-refractivity contribution in [3.8, 4) is 39.8 Å². The maximum absolute atomic E-state index is 12.4. The van der Waals surface area contributed by atoms with Gasteiger partial charge in [-0.05, 0) is 30.3 Å². The molecule has 0 atom stereocenters. The van der Waals surface area contributed by atoms with Crippen molar-refractivity contribution in [2.45, 2.75) is 6.54 Å². The fourth-order valence-electron chi connectivity index (χ4n) is 3.32. The molecule has 0 N–H and O–H groups in total. The van der Waals surface area contributed by atoms with Crippen LogP contribution in [0.5, 0.6) is 17.2 Å². The van der Waals surface area contributed by atoms with E-state index in [0.717, 1.165) is 28.3 Å². The molecule has 1 aromatic heterocycles. The van der Waals surface area contributed by atoms with Crippen molar-refractivity contribution in [3.63, 3.8) is 0 Å². The highest BCUT2D eigenvalue weighted by Gasteiger charge is 2.22. The lowest BCUT2D eigenvalue weighted by Gasteiger charge is -2.20. The monoisotopic (exact) mass is 393 g/mol. The van der Waals surface area contributed by atoms with Crippen LogP contribution in [-0.2, 0) is 11.3 Å². The molecule has 0 fully saturated rings. The van der Waals surface area contributed by atoms with Crippen molar-refractivity contribution in [1.82, 2.24) is 14.5 Å². The molecule has 1 aliphatic heterocycles. The highest BCUT2D eigenvalue weighted by molar-refractivity contribution is 5.84. The maximum Gasteiger partial charge on any atom is 0.242 e. The first-order valence-corrected chi connectivity index (χ1v) is 9.37. The van der Waals surface area contributed by atoms with Crippen LogP contribution in [0.1, 0.15) is 0 Å². The summed E-state index contributed by atoms with van der Waals surface area (Å²) in [6.45, 7) is 1.22. The molecule has 3 aromatic rings. The predicted molar refractivity (Wildman–Crippen MR) is 109 cm³/mol. The van der Waals surface area contributed by atoms with Gasteiger partial charge in [-0.1, -0.05) is 12.1 Å². The number of nitrogens with zero attached hydrogens (tertiary/aromatic N) is 3. The Hall–Kier alpha value is -3.48. The standard InChI is InChI=1S/C22H23N3O4/c1-24(2)20(26)13-25-14-23-21(16-6-4-5-7-17(16)27-3)22(25)15-8-9-18-19(12-15)29-11-10-28-18/h4-9,12,14H,10-11,13H2,1-3H3. The van der Waals surface area contributed by atoms with Crippen molar-refractivity contribution in [2.75, 3.05) is 34.4 Å². The van der Waals surface area contributed by atoms with Gasteiger partial charge in [0.1, 0.15) is 31.2 Å². The molecule has 0 radical (unpaired) electrons. The number of rotatable bonds is 5. The zero-order valence-corrected chi connectivity index (χ0v) is 16.7. The van der Waals surface area contributed by atoms with Gasteiger partial charge in [-0.3, -0.25) is 4.79 Å². The molecule has 0 saturated heterocycles. The van der Waals surface area contributed by atoms with Crippen LogP contribution in [0.4, 0.5) is 0 Å². The van der Waals surface area contributed by atoms with Gasteiger partial charge in [0.05, 0.1) is 19.1 Å². The third kappa shape index (κ3) is 3.63. The molecular formula is C22H23N3O4. The molecule has 0 spiro atoms. The van der Waals surface area contributed by atoms with E-state index in [4.69, 9.17) is 14.2 Å². The zero-order chi connectivity index (χ0) is 20.4. The molecular weight excluding hydrogens is 370 g/mol. The molecule has 7 heteroatoms. The Labute approximate surface area is 169 Å². The lowest BCUT2D eigenvalue weighted by Crippen LogP contribution is -2.26. The van der Waals surface area contributed by atoms with Gasteiger partial charge in [0.15, 0.2) is 11.5 Å². The summed E-state index contributed by atoms with van der Waals surface area (Å²) < 4.78 is 18.8. The van der Waals surface area contributed by atoms with Gasteiger partial charge in [-0.15, -0.1) is 0 Å². The second-order valence-electron chi connectivity index (χ2n) is 6.92. The summed E-state index contributed by atoms with van der Waals surface area (Å²) in [6, 6.07) is 13.5. The zero-order valence-electron chi connectivity index (χ0n) is 16.7. The van der Waals surface area contributed by atoms with E-state index < -0.39 is 0 Å². The van der Waals surface area contributed by atoms with Crippen molar-refractivity contribution >= 4 is 5.91 Å². The second kappa shape index (κ2) is 7.87. The fourth-order valence-corrected chi connectivity index (χ4v) is 3.32. The smallest absolute Gasteiger partial charge is 0.242 e. The number of amides is 1. The third-order valence-electron chi connectivity index (χ3n) is 4.82. The van der Waals surface area contributed by atoms with E-state index in [0.29, 0.717) is 24.7 Å². The molecule has 1 amide bonds. The summed E-state index contributed by atoms with van der Waals surface area (Å²) >= 11 is 0. The first-order valence-electron chi connectivity index (χ1n) is 9.37. The molecule has 2 heterocycles. The van der Waals surface area contributed by atoms with E-state index in [1.165, 1.54) is 0 Å². The minimum absolute atomic E-state index is 0.0206. The lowest BCUT2D eigenvalue weighted by molar-refractivity contribution is -0.129. The van der Waals surface area contributed by atoms with Crippen LogP contribution in [0.15, 0.2) is 48.8 Å². The summed E-state index contributed by atoms with van der Waals surface area (Å²) in [5.74, 6) is 2.10. The molecule has 0 saturated carbocycles. The summed E-state index contributed by atoms with van der Waals surface area (Å²) in [6.07, 6.45) is 1.69. The number of methoxy groups -OCH3 is 1. The first kappa shape index (κ1) is 18.9. The first-order chi connectivity index (χ1) is 14.1. The van der Waals surface area contributed by atoms with Crippen molar-refractivity contribution in [2.24, 2.45) is 0 Å². The molecule has 1 aliphatic rings. The molecule has 0 aliphatic carbocycles. The predicted octanol–water partition coefficient (Wildman–Crippen LogP) is 3.09. The Kier molecular flexibility index (Phi) is 5.12. The van der Waals surface area contributed by atoms with Gasteiger partial charge in [0.2, 0.25) is 5.91 Å². The van der Waals surface area contributed by atoms with Gasteiger partial charge < -0.3 is 23.7 Å². The van der Waals surface area contributed by atoms with Gasteiger partial charge >= 0.3 is 0 Å². The van der Waals surface area contributed by atoms with Crippen molar-refractivity contribution in [1.29, 1.82) is 0 Å². The molecule has 29 heavy (non-hydrogen) atoms. The SMILES string of the molecule is COc1ccccc1-c1ncn(CC(=O)N(C)C)c1-c1ccc2c(c1)OCCO2. The average Bonchev–Trinajstić information content (AvgIpc) is 3.16. The van der Waals surface area contributed by atoms with Crippen LogP contribution >= 0.6 is 0 Å². The molecule has 0 unspecified atom stereocenters. The van der Waals surface area contributed by atoms with E-state index in [1.807, 2.05) is 47.0 Å². The van der Waals surface area contributed by atoms with Gasteiger partial charge in [-0.2, -0.15) is 0 Å². The summed E-state index contributed by atoms with van der Waals surface area (Å²) in [5, 5.41) is 0. The van der Waals surface area contributed by atoms with Crippen LogP contribution in [0.2, 0.25) is 0 Å². The van der Waals surface area contributed by atoms with E-state index in [1.54, 1.807) is 32.4 Å². The minimum Gasteiger partial charge on any atom is -0.496 e. The number of para-hydroxylation sites is 1. The number of carbonyl (C=O) groups excluding carboxylic acids is 1. The number of carbonyl (C=O) groups is 1. The van der Waals surface area contributed by atoms with Crippen LogP contribution in [0.25, 0.3) is 22.5 Å². The summed E-state index contributed by atoms with van der Waals surface area (Å²) in [4.78, 5) is 18.6. The van der Waals surface area contributed by atoms with Gasteiger partial charge in [-0.25, -0.2) is 4.98 Å². The maximum atomic E-state index is 12.4. The fraction of sp³-hybridized carbons (Fsp3) is 0.273. The largest absolute Gasteiger partial charge is 0.496 e. The van der Waals surface area contributed by atoms with Crippen molar-refractivity contribution < 1.29 is 19.0 Å². The molecule has 150 valence electrons. The van der Waals surface area contributed by atoms with E-state index in [-0.39, 0.29) is 12.5 Å². The minimum atomic E-state index is -0.0206. The Balaban J connectivity index is 1.87. The summed E-state index contributed by atoms with van der Waals surface area (Å²) in [5.41, 5.74) is 3.31. The number of likely N-dealkylation sites (N-methyl/N-ethyl adjacent to an activating group) is 1. The number of benzene rings is 2. The summed E-state index contributed by atoms with van der Waals surface area (Å²) in [7, 11) is 5.11. The van der Waals surface area contributed by atoms with Crippen molar-refractivity contribution in [3.05, 3.63) is 48.8 Å². The van der Waals surface area contributed by atoms with E-state index in [2.05, 4.69) is 4.98 Å². The number of aromatic nitrogens is 2. The third-order valence-corrected chi connectivity index (χ3v) is 4.82. The quantitative estimate of drug-likeness (QED) is 0.667. The normalized spacial score (nSPS) is 12.5. The Morgan fingerprint density at radius 3 is 2.66 bits per heavy atom.